The third kappa shape index (κ3) is 3.64. The van der Waals surface area contributed by atoms with Crippen LogP contribution in [0.3, 0.4) is 0 Å². The van der Waals surface area contributed by atoms with E-state index in [4.69, 9.17) is 0 Å². The van der Waals surface area contributed by atoms with Gasteiger partial charge in [0.15, 0.2) is 0 Å². The van der Waals surface area contributed by atoms with Crippen molar-refractivity contribution in [2.45, 2.75) is 51.6 Å². The first kappa shape index (κ1) is 17.9. The van der Waals surface area contributed by atoms with Gasteiger partial charge in [-0.05, 0) is 50.3 Å². The highest BCUT2D eigenvalue weighted by atomic mass is 32.1. The first-order valence-corrected chi connectivity index (χ1v) is 10.1. The molecule has 0 saturated carbocycles. The van der Waals surface area contributed by atoms with E-state index >= 15 is 0 Å². The Balaban J connectivity index is 1.47. The van der Waals surface area contributed by atoms with E-state index in [1.807, 2.05) is 25.1 Å². The zero-order chi connectivity index (χ0) is 18.8. The second-order valence-corrected chi connectivity index (χ2v) is 8.01. The van der Waals surface area contributed by atoms with Gasteiger partial charge in [0.1, 0.15) is 4.83 Å². The summed E-state index contributed by atoms with van der Waals surface area (Å²) in [6.07, 6.45) is 7.82. The van der Waals surface area contributed by atoms with E-state index in [0.29, 0.717) is 6.54 Å². The summed E-state index contributed by atoms with van der Waals surface area (Å²) in [5, 5.41) is 3.70. The number of carbonyl (C=O) groups excluding carboxylic acids is 1. The van der Waals surface area contributed by atoms with E-state index in [2.05, 4.69) is 15.3 Å². The van der Waals surface area contributed by atoms with E-state index in [1.54, 1.807) is 28.4 Å². The normalized spacial score (nSPS) is 14.7. The van der Waals surface area contributed by atoms with E-state index in [1.165, 1.54) is 16.9 Å². The molecule has 1 N–H and O–H groups in total. The Labute approximate surface area is 161 Å². The summed E-state index contributed by atoms with van der Waals surface area (Å²) in [6, 6.07) is 5.46. The van der Waals surface area contributed by atoms with E-state index < -0.39 is 0 Å². The average Bonchev–Trinajstić information content (AvgIpc) is 3.07. The molecule has 27 heavy (non-hydrogen) atoms. The average molecular weight is 382 g/mol. The van der Waals surface area contributed by atoms with E-state index in [0.717, 1.165) is 35.2 Å². The molecule has 140 valence electrons. The fourth-order valence-electron chi connectivity index (χ4n) is 3.58. The molecular weight excluding hydrogens is 360 g/mol. The fourth-order valence-corrected chi connectivity index (χ4v) is 4.80. The maximum absolute atomic E-state index is 12.9. The van der Waals surface area contributed by atoms with Gasteiger partial charge in [0, 0.05) is 24.0 Å². The Hall–Kier alpha value is -2.54. The summed E-state index contributed by atoms with van der Waals surface area (Å²) in [4.78, 5) is 36.1. The van der Waals surface area contributed by atoms with Crippen LogP contribution in [-0.4, -0.2) is 20.4 Å². The molecule has 3 aromatic rings. The highest BCUT2D eigenvalue weighted by Crippen LogP contribution is 2.33. The second kappa shape index (κ2) is 7.60. The van der Waals surface area contributed by atoms with Gasteiger partial charge in [-0.25, -0.2) is 4.98 Å². The Morgan fingerprint density at radius 1 is 1.30 bits per heavy atom. The van der Waals surface area contributed by atoms with Crippen molar-refractivity contribution in [3.05, 3.63) is 57.2 Å². The van der Waals surface area contributed by atoms with Crippen molar-refractivity contribution in [2.75, 3.05) is 0 Å². The Kier molecular flexibility index (Phi) is 5.03. The fraction of sp³-hybridized carbons (Fsp3) is 0.400. The van der Waals surface area contributed by atoms with E-state index in [-0.39, 0.29) is 23.9 Å². The monoisotopic (exact) mass is 382 g/mol. The lowest BCUT2D eigenvalue weighted by atomic mass is 9.97. The van der Waals surface area contributed by atoms with Gasteiger partial charge in [0.25, 0.3) is 5.56 Å². The Morgan fingerprint density at radius 3 is 2.96 bits per heavy atom. The van der Waals surface area contributed by atoms with Crippen LogP contribution in [0.2, 0.25) is 0 Å². The number of hydrogen-bond donors (Lipinski definition) is 1. The minimum atomic E-state index is -0.167. The summed E-state index contributed by atoms with van der Waals surface area (Å²) in [5.41, 5.74) is 1.97. The van der Waals surface area contributed by atoms with Gasteiger partial charge in [-0.15, -0.1) is 11.3 Å². The number of amides is 1. The lowest BCUT2D eigenvalue weighted by Gasteiger charge is -2.13. The van der Waals surface area contributed by atoms with Gasteiger partial charge in [0.05, 0.1) is 23.4 Å². The smallest absolute Gasteiger partial charge is 0.262 e. The summed E-state index contributed by atoms with van der Waals surface area (Å²) in [6.45, 7) is 2.23. The van der Waals surface area contributed by atoms with E-state index in [9.17, 15) is 9.59 Å². The van der Waals surface area contributed by atoms with Crippen molar-refractivity contribution in [1.82, 2.24) is 19.9 Å². The topological polar surface area (TPSA) is 76.9 Å². The van der Waals surface area contributed by atoms with Crippen LogP contribution < -0.4 is 10.9 Å². The summed E-state index contributed by atoms with van der Waals surface area (Å²) < 4.78 is 1.56. The van der Waals surface area contributed by atoms with Gasteiger partial charge in [-0.1, -0.05) is 6.07 Å². The molecule has 0 saturated heterocycles. The number of pyridine rings is 1. The molecule has 1 amide bonds. The maximum atomic E-state index is 12.9. The molecule has 0 radical (unpaired) electrons. The maximum Gasteiger partial charge on any atom is 0.262 e. The largest absolute Gasteiger partial charge is 0.348 e. The molecule has 0 aliphatic heterocycles. The SMILES string of the molecule is CC(NC(=O)CCn1cnc2sc3c(c2c1=O)CCCC3)c1ccccn1. The first-order chi connectivity index (χ1) is 13.1. The first-order valence-electron chi connectivity index (χ1n) is 9.33. The molecule has 4 rings (SSSR count). The standard InChI is InChI=1S/C20H22N4O2S/c1-13(15-7-4-5-10-21-15)23-17(25)9-11-24-12-22-19-18(20(24)26)14-6-2-3-8-16(14)27-19/h4-5,7,10,12-13H,2-3,6,8-9,11H2,1H3,(H,23,25). The van der Waals surface area contributed by atoms with Crippen molar-refractivity contribution in [3.8, 4) is 0 Å². The third-order valence-corrected chi connectivity index (χ3v) is 6.23. The Bertz CT molecular complexity index is 1030. The predicted molar refractivity (Wildman–Crippen MR) is 106 cm³/mol. The number of nitrogens with zero attached hydrogens (tertiary/aromatic N) is 3. The van der Waals surface area contributed by atoms with Gasteiger partial charge < -0.3 is 5.32 Å². The number of fused-ring (bicyclic) bond motifs is 3. The van der Waals surface area contributed by atoms with Gasteiger partial charge >= 0.3 is 0 Å². The lowest BCUT2D eigenvalue weighted by molar-refractivity contribution is -0.122. The van der Waals surface area contributed by atoms with Crippen molar-refractivity contribution >= 4 is 27.5 Å². The van der Waals surface area contributed by atoms with Crippen LogP contribution >= 0.6 is 11.3 Å². The number of nitrogens with one attached hydrogen (secondary N) is 1. The minimum absolute atomic E-state index is 0.0232. The van der Waals surface area contributed by atoms with Crippen molar-refractivity contribution < 1.29 is 4.79 Å². The molecule has 1 unspecified atom stereocenters. The molecule has 1 atom stereocenters. The quantitative estimate of drug-likeness (QED) is 0.736. The highest BCUT2D eigenvalue weighted by molar-refractivity contribution is 7.18. The zero-order valence-electron chi connectivity index (χ0n) is 15.3. The molecule has 0 aromatic carbocycles. The molecule has 0 bridgehead atoms. The molecule has 0 fully saturated rings. The van der Waals surface area contributed by atoms with Crippen LogP contribution in [0.4, 0.5) is 0 Å². The lowest BCUT2D eigenvalue weighted by Crippen LogP contribution is -2.30. The number of carbonyl (C=O) groups is 1. The molecule has 3 aromatic heterocycles. The molecule has 7 heteroatoms. The van der Waals surface area contributed by atoms with Gasteiger partial charge in [-0.3, -0.25) is 19.1 Å². The van der Waals surface area contributed by atoms with Crippen LogP contribution in [-0.2, 0) is 24.2 Å². The van der Waals surface area contributed by atoms with Crippen molar-refractivity contribution in [3.63, 3.8) is 0 Å². The van der Waals surface area contributed by atoms with Crippen LogP contribution in [0.1, 0.15) is 48.4 Å². The number of thiophene rings is 1. The van der Waals surface area contributed by atoms with Crippen molar-refractivity contribution in [1.29, 1.82) is 0 Å². The highest BCUT2D eigenvalue weighted by Gasteiger charge is 2.20. The zero-order valence-corrected chi connectivity index (χ0v) is 16.1. The van der Waals surface area contributed by atoms with Gasteiger partial charge in [0.2, 0.25) is 5.91 Å². The summed E-state index contributed by atoms with van der Waals surface area (Å²) in [5.74, 6) is -0.104. The molecular formula is C20H22N4O2S. The molecule has 1 aliphatic carbocycles. The van der Waals surface area contributed by atoms with Crippen LogP contribution in [0.25, 0.3) is 10.2 Å². The minimum Gasteiger partial charge on any atom is -0.348 e. The van der Waals surface area contributed by atoms with Crippen LogP contribution in [0, 0.1) is 0 Å². The van der Waals surface area contributed by atoms with Gasteiger partial charge in [-0.2, -0.15) is 0 Å². The van der Waals surface area contributed by atoms with Crippen molar-refractivity contribution in [2.24, 2.45) is 0 Å². The summed E-state index contributed by atoms with van der Waals surface area (Å²) in [7, 11) is 0. The Morgan fingerprint density at radius 2 is 2.15 bits per heavy atom. The van der Waals surface area contributed by atoms with Crippen LogP contribution in [0.5, 0.6) is 0 Å². The second-order valence-electron chi connectivity index (χ2n) is 6.93. The molecule has 3 heterocycles. The number of hydrogen-bond acceptors (Lipinski definition) is 5. The third-order valence-electron chi connectivity index (χ3n) is 5.03. The number of rotatable bonds is 5. The molecule has 1 aliphatic rings. The van der Waals surface area contributed by atoms with Crippen LogP contribution in [0.15, 0.2) is 35.5 Å². The number of aromatic nitrogens is 3. The summed E-state index contributed by atoms with van der Waals surface area (Å²) >= 11 is 1.64. The molecule has 0 spiro atoms. The molecule has 6 nitrogen and oxygen atoms in total. The number of aryl methyl sites for hydroxylation is 3. The predicted octanol–water partition coefficient (Wildman–Crippen LogP) is 3.00.